The second-order valence-electron chi connectivity index (χ2n) is 7.09. The van der Waals surface area contributed by atoms with Gasteiger partial charge in [-0.25, -0.2) is 8.42 Å². The van der Waals surface area contributed by atoms with Gasteiger partial charge >= 0.3 is 0 Å². The number of unbranched alkanes of at least 4 members (excludes halogenated alkanes) is 3. The molecule has 29 heavy (non-hydrogen) atoms. The molecule has 0 atom stereocenters. The SMILES string of the molecule is CN1CCCN(S(=O)(=O)c2cccc(NC(=O)CCCCCCN)c2)CC1.Cl.Cl. The van der Waals surface area contributed by atoms with E-state index in [1.165, 1.54) is 4.31 Å². The molecule has 0 aromatic heterocycles. The molecule has 0 spiro atoms. The number of likely N-dealkylation sites (N-methyl/N-ethyl adjacent to an activating group) is 1. The van der Waals surface area contributed by atoms with Crippen LogP contribution in [-0.2, 0) is 14.8 Å². The molecule has 1 amide bonds. The van der Waals surface area contributed by atoms with Crippen LogP contribution in [0.25, 0.3) is 0 Å². The second-order valence-corrected chi connectivity index (χ2v) is 9.03. The Bertz CT molecular complexity index is 719. The van der Waals surface area contributed by atoms with Gasteiger partial charge in [-0.05, 0) is 57.6 Å². The molecule has 2 rings (SSSR count). The molecule has 1 aliphatic heterocycles. The van der Waals surface area contributed by atoms with Gasteiger partial charge in [-0.3, -0.25) is 4.79 Å². The van der Waals surface area contributed by atoms with E-state index in [1.807, 2.05) is 7.05 Å². The molecule has 1 heterocycles. The highest BCUT2D eigenvalue weighted by atomic mass is 35.5. The average molecular weight is 469 g/mol. The highest BCUT2D eigenvalue weighted by Gasteiger charge is 2.26. The first-order valence-electron chi connectivity index (χ1n) is 9.72. The number of hydrogen-bond acceptors (Lipinski definition) is 5. The van der Waals surface area contributed by atoms with E-state index in [0.29, 0.717) is 31.7 Å². The van der Waals surface area contributed by atoms with Crippen molar-refractivity contribution in [2.24, 2.45) is 5.73 Å². The van der Waals surface area contributed by atoms with Crippen LogP contribution in [0.15, 0.2) is 29.2 Å². The quantitative estimate of drug-likeness (QED) is 0.543. The Balaban J connectivity index is 0.00000392. The number of nitrogens with zero attached hydrogens (tertiary/aromatic N) is 2. The molecule has 0 unspecified atom stereocenters. The average Bonchev–Trinajstić information content (AvgIpc) is 2.87. The van der Waals surface area contributed by atoms with Crippen LogP contribution >= 0.6 is 24.8 Å². The molecule has 1 aliphatic rings. The summed E-state index contributed by atoms with van der Waals surface area (Å²) in [5, 5.41) is 2.81. The molecule has 1 fully saturated rings. The molecule has 0 radical (unpaired) electrons. The highest BCUT2D eigenvalue weighted by molar-refractivity contribution is 7.89. The van der Waals surface area contributed by atoms with Crippen molar-refractivity contribution in [2.45, 2.75) is 43.4 Å². The number of rotatable bonds is 9. The summed E-state index contributed by atoms with van der Waals surface area (Å²) in [6.45, 7) is 3.30. The number of carbonyl (C=O) groups excluding carboxylic acids is 1. The third-order valence-corrected chi connectivity index (χ3v) is 6.69. The number of sulfonamides is 1. The van der Waals surface area contributed by atoms with Crippen molar-refractivity contribution >= 4 is 46.4 Å². The van der Waals surface area contributed by atoms with Crippen molar-refractivity contribution in [3.63, 3.8) is 0 Å². The minimum Gasteiger partial charge on any atom is -0.330 e. The van der Waals surface area contributed by atoms with Gasteiger partial charge in [-0.1, -0.05) is 18.9 Å². The zero-order valence-corrected chi connectivity index (χ0v) is 19.5. The Hall–Kier alpha value is -0.900. The molecule has 1 aromatic rings. The summed E-state index contributed by atoms with van der Waals surface area (Å²) >= 11 is 0. The number of nitrogens with two attached hydrogens (primary N) is 1. The fraction of sp³-hybridized carbons (Fsp3) is 0.632. The lowest BCUT2D eigenvalue weighted by molar-refractivity contribution is -0.116. The molecule has 10 heteroatoms. The smallest absolute Gasteiger partial charge is 0.243 e. The molecule has 168 valence electrons. The summed E-state index contributed by atoms with van der Waals surface area (Å²) < 4.78 is 27.4. The van der Waals surface area contributed by atoms with Gasteiger partial charge in [0, 0.05) is 31.7 Å². The molecule has 7 nitrogen and oxygen atoms in total. The van der Waals surface area contributed by atoms with E-state index in [-0.39, 0.29) is 35.6 Å². The van der Waals surface area contributed by atoms with Crippen LogP contribution in [0, 0.1) is 0 Å². The van der Waals surface area contributed by atoms with E-state index in [0.717, 1.165) is 45.2 Å². The number of carbonyl (C=O) groups is 1. The maximum atomic E-state index is 12.9. The Morgan fingerprint density at radius 3 is 2.52 bits per heavy atom. The van der Waals surface area contributed by atoms with Crippen LogP contribution in [0.4, 0.5) is 5.69 Å². The highest BCUT2D eigenvalue weighted by Crippen LogP contribution is 2.21. The fourth-order valence-electron chi connectivity index (χ4n) is 3.15. The first-order chi connectivity index (χ1) is 12.9. The van der Waals surface area contributed by atoms with Gasteiger partial charge in [-0.2, -0.15) is 4.31 Å². The third kappa shape index (κ3) is 9.19. The summed E-state index contributed by atoms with van der Waals surface area (Å²) in [7, 11) is -1.55. The van der Waals surface area contributed by atoms with Gasteiger partial charge in [0.25, 0.3) is 0 Å². The number of amides is 1. The predicted molar refractivity (Wildman–Crippen MR) is 123 cm³/mol. The van der Waals surface area contributed by atoms with Crippen LogP contribution in [0.5, 0.6) is 0 Å². The minimum atomic E-state index is -3.55. The van der Waals surface area contributed by atoms with E-state index in [2.05, 4.69) is 10.2 Å². The Kier molecular flexibility index (Phi) is 13.7. The standard InChI is InChI=1S/C19H32N4O3S.2ClH/c1-22-12-7-13-23(15-14-22)27(25,26)18-9-6-8-17(16-18)21-19(24)10-4-2-3-5-11-20;;/h6,8-9,16H,2-5,7,10-15,20H2,1H3,(H,21,24);2*1H. The number of halogens is 2. The monoisotopic (exact) mass is 468 g/mol. The molecule has 0 saturated carbocycles. The zero-order chi connectivity index (χ0) is 19.7. The number of anilines is 1. The lowest BCUT2D eigenvalue weighted by Crippen LogP contribution is -2.34. The lowest BCUT2D eigenvalue weighted by Gasteiger charge is -2.20. The van der Waals surface area contributed by atoms with Gasteiger partial charge in [0.1, 0.15) is 0 Å². The van der Waals surface area contributed by atoms with E-state index in [9.17, 15) is 13.2 Å². The van der Waals surface area contributed by atoms with Crippen molar-refractivity contribution in [3.8, 4) is 0 Å². The molecule has 0 aliphatic carbocycles. The minimum absolute atomic E-state index is 0. The van der Waals surface area contributed by atoms with Gasteiger partial charge < -0.3 is 16.0 Å². The van der Waals surface area contributed by atoms with E-state index < -0.39 is 10.0 Å². The number of nitrogens with one attached hydrogen (secondary N) is 1. The molecule has 1 aromatic carbocycles. The molecular weight excluding hydrogens is 435 g/mol. The molecule has 1 saturated heterocycles. The van der Waals surface area contributed by atoms with Crippen LogP contribution in [0.3, 0.4) is 0 Å². The molecule has 0 bridgehead atoms. The Morgan fingerprint density at radius 2 is 1.79 bits per heavy atom. The van der Waals surface area contributed by atoms with Crippen molar-refractivity contribution in [2.75, 3.05) is 45.1 Å². The van der Waals surface area contributed by atoms with Crippen LogP contribution in [0.1, 0.15) is 38.5 Å². The van der Waals surface area contributed by atoms with Crippen molar-refractivity contribution in [1.29, 1.82) is 0 Å². The second kappa shape index (κ2) is 14.2. The number of hydrogen-bond donors (Lipinski definition) is 2. The topological polar surface area (TPSA) is 95.7 Å². The van der Waals surface area contributed by atoms with E-state index in [4.69, 9.17) is 5.73 Å². The number of benzene rings is 1. The molecule has 3 N–H and O–H groups in total. The Morgan fingerprint density at radius 1 is 1.07 bits per heavy atom. The van der Waals surface area contributed by atoms with Gasteiger partial charge in [0.2, 0.25) is 15.9 Å². The third-order valence-electron chi connectivity index (χ3n) is 4.79. The first-order valence-corrected chi connectivity index (χ1v) is 11.2. The predicted octanol–water partition coefficient (Wildman–Crippen LogP) is 2.70. The van der Waals surface area contributed by atoms with Crippen LogP contribution in [0.2, 0.25) is 0 Å². The maximum absolute atomic E-state index is 12.9. The fourth-order valence-corrected chi connectivity index (χ4v) is 4.67. The Labute approximate surface area is 187 Å². The van der Waals surface area contributed by atoms with E-state index in [1.54, 1.807) is 24.3 Å². The summed E-state index contributed by atoms with van der Waals surface area (Å²) in [6.07, 6.45) is 5.04. The summed E-state index contributed by atoms with van der Waals surface area (Å²) in [6, 6.07) is 6.54. The van der Waals surface area contributed by atoms with E-state index >= 15 is 0 Å². The van der Waals surface area contributed by atoms with Crippen LogP contribution in [-0.4, -0.2) is 63.3 Å². The largest absolute Gasteiger partial charge is 0.330 e. The first kappa shape index (κ1) is 28.1. The normalized spacial score (nSPS) is 15.7. The van der Waals surface area contributed by atoms with Crippen LogP contribution < -0.4 is 11.1 Å². The van der Waals surface area contributed by atoms with Crippen molar-refractivity contribution in [3.05, 3.63) is 24.3 Å². The zero-order valence-electron chi connectivity index (χ0n) is 17.0. The van der Waals surface area contributed by atoms with Gasteiger partial charge in [0.15, 0.2) is 0 Å². The van der Waals surface area contributed by atoms with Crippen molar-refractivity contribution in [1.82, 2.24) is 9.21 Å². The van der Waals surface area contributed by atoms with Gasteiger partial charge in [0.05, 0.1) is 4.90 Å². The maximum Gasteiger partial charge on any atom is 0.243 e. The summed E-state index contributed by atoms with van der Waals surface area (Å²) in [5.41, 5.74) is 5.98. The van der Waals surface area contributed by atoms with Gasteiger partial charge in [-0.15, -0.1) is 24.8 Å². The summed E-state index contributed by atoms with van der Waals surface area (Å²) in [4.78, 5) is 14.5. The lowest BCUT2D eigenvalue weighted by atomic mass is 10.1. The van der Waals surface area contributed by atoms with Crippen molar-refractivity contribution < 1.29 is 13.2 Å². The summed E-state index contributed by atoms with van der Waals surface area (Å²) in [5.74, 6) is -0.0892. The molecular formula is C19H34Cl2N4O3S.